The van der Waals surface area contributed by atoms with E-state index in [1.807, 2.05) is 96.1 Å². The van der Waals surface area contributed by atoms with Gasteiger partial charge in [0, 0.05) is 0 Å². The SMILES string of the molecule is CC(C(=O)OC(C)(C)C)c1ccc(C2COC(C)(C)N2C(=O)OCc2ccccc2)cc1. The Morgan fingerprint density at radius 2 is 1.72 bits per heavy atom. The van der Waals surface area contributed by atoms with Crippen molar-refractivity contribution in [3.63, 3.8) is 0 Å². The van der Waals surface area contributed by atoms with Gasteiger partial charge in [-0.1, -0.05) is 54.6 Å². The highest BCUT2D eigenvalue weighted by Crippen LogP contribution is 2.38. The lowest BCUT2D eigenvalue weighted by Crippen LogP contribution is -2.45. The van der Waals surface area contributed by atoms with Crippen LogP contribution in [0.1, 0.15) is 70.2 Å². The molecule has 0 aliphatic carbocycles. The van der Waals surface area contributed by atoms with Crippen molar-refractivity contribution in [2.24, 2.45) is 0 Å². The molecule has 32 heavy (non-hydrogen) atoms. The third-order valence-corrected chi connectivity index (χ3v) is 5.47. The molecule has 0 spiro atoms. The topological polar surface area (TPSA) is 65.1 Å². The van der Waals surface area contributed by atoms with Crippen molar-refractivity contribution in [2.75, 3.05) is 6.61 Å². The van der Waals surface area contributed by atoms with Gasteiger partial charge in [0.1, 0.15) is 17.9 Å². The third-order valence-electron chi connectivity index (χ3n) is 5.47. The normalized spacial score (nSPS) is 18.8. The largest absolute Gasteiger partial charge is 0.460 e. The van der Waals surface area contributed by atoms with E-state index in [1.54, 1.807) is 4.90 Å². The first-order chi connectivity index (χ1) is 15.0. The van der Waals surface area contributed by atoms with Crippen molar-refractivity contribution in [1.29, 1.82) is 0 Å². The fourth-order valence-electron chi connectivity index (χ4n) is 3.72. The molecule has 1 heterocycles. The summed E-state index contributed by atoms with van der Waals surface area (Å²) in [5.74, 6) is -0.645. The standard InChI is InChI=1S/C26H33NO5/c1-18(23(28)32-25(2,3)4)20-12-14-21(15-13-20)22-17-31-26(5,6)27(22)24(29)30-16-19-10-8-7-9-11-19/h7-15,18,22H,16-17H2,1-6H3. The highest BCUT2D eigenvalue weighted by Gasteiger charge is 2.45. The van der Waals surface area contributed by atoms with Gasteiger partial charge in [-0.3, -0.25) is 9.69 Å². The molecule has 2 atom stereocenters. The lowest BCUT2D eigenvalue weighted by molar-refractivity contribution is -0.156. The molecule has 0 radical (unpaired) electrons. The van der Waals surface area contributed by atoms with Gasteiger partial charge in [0.25, 0.3) is 0 Å². The number of hydrogen-bond acceptors (Lipinski definition) is 5. The molecule has 2 unspecified atom stereocenters. The molecule has 3 rings (SSSR count). The van der Waals surface area contributed by atoms with Gasteiger partial charge in [-0.05, 0) is 58.2 Å². The summed E-state index contributed by atoms with van der Waals surface area (Å²) in [4.78, 5) is 27.0. The Balaban J connectivity index is 1.72. The number of amides is 1. The summed E-state index contributed by atoms with van der Waals surface area (Å²) in [6.07, 6.45) is -0.424. The van der Waals surface area contributed by atoms with Crippen LogP contribution in [0.2, 0.25) is 0 Å². The molecule has 6 nitrogen and oxygen atoms in total. The van der Waals surface area contributed by atoms with Crippen LogP contribution >= 0.6 is 0 Å². The Morgan fingerprint density at radius 3 is 2.31 bits per heavy atom. The molecule has 2 aromatic carbocycles. The van der Waals surface area contributed by atoms with Gasteiger partial charge in [-0.15, -0.1) is 0 Å². The second-order valence-electron chi connectivity index (χ2n) is 9.61. The van der Waals surface area contributed by atoms with Crippen LogP contribution in [0.15, 0.2) is 54.6 Å². The zero-order valence-corrected chi connectivity index (χ0v) is 19.8. The van der Waals surface area contributed by atoms with E-state index in [9.17, 15) is 9.59 Å². The number of ether oxygens (including phenoxy) is 3. The second-order valence-corrected chi connectivity index (χ2v) is 9.61. The van der Waals surface area contributed by atoms with Crippen LogP contribution in [0, 0.1) is 0 Å². The maximum atomic E-state index is 13.0. The molecule has 172 valence electrons. The van der Waals surface area contributed by atoms with Gasteiger partial charge in [-0.2, -0.15) is 0 Å². The summed E-state index contributed by atoms with van der Waals surface area (Å²) in [6, 6.07) is 17.0. The maximum absolute atomic E-state index is 13.0. The monoisotopic (exact) mass is 439 g/mol. The van der Waals surface area contributed by atoms with E-state index >= 15 is 0 Å². The van der Waals surface area contributed by atoms with Crippen molar-refractivity contribution in [3.05, 3.63) is 71.3 Å². The van der Waals surface area contributed by atoms with E-state index in [1.165, 1.54) is 0 Å². The number of esters is 1. The molecule has 2 aromatic rings. The Morgan fingerprint density at radius 1 is 1.09 bits per heavy atom. The molecule has 0 aromatic heterocycles. The van der Waals surface area contributed by atoms with Gasteiger partial charge in [0.15, 0.2) is 0 Å². The van der Waals surface area contributed by atoms with Crippen molar-refractivity contribution in [1.82, 2.24) is 4.90 Å². The molecular formula is C26H33NO5. The minimum atomic E-state index is -0.791. The molecule has 1 fully saturated rings. The Labute approximate surface area is 190 Å². The number of rotatable bonds is 5. The summed E-state index contributed by atoms with van der Waals surface area (Å²) >= 11 is 0. The molecule has 6 heteroatoms. The van der Waals surface area contributed by atoms with Crippen LogP contribution in [0.25, 0.3) is 0 Å². The molecule has 0 saturated carbocycles. The third kappa shape index (κ3) is 5.68. The van der Waals surface area contributed by atoms with E-state index < -0.39 is 17.4 Å². The van der Waals surface area contributed by atoms with Gasteiger partial charge in [-0.25, -0.2) is 4.79 Å². The molecule has 0 bridgehead atoms. The summed E-state index contributed by atoms with van der Waals surface area (Å²) in [6.45, 7) is 11.7. The predicted octanol–water partition coefficient (Wildman–Crippen LogP) is 5.58. The van der Waals surface area contributed by atoms with Crippen LogP contribution < -0.4 is 0 Å². The Hall–Kier alpha value is -2.86. The molecule has 1 aliphatic heterocycles. The first-order valence-electron chi connectivity index (χ1n) is 10.9. The lowest BCUT2D eigenvalue weighted by Gasteiger charge is -2.33. The van der Waals surface area contributed by atoms with Crippen molar-refractivity contribution in [3.8, 4) is 0 Å². The van der Waals surface area contributed by atoms with Gasteiger partial charge in [0.05, 0.1) is 18.6 Å². The summed E-state index contributed by atoms with van der Waals surface area (Å²) in [5.41, 5.74) is 1.39. The quantitative estimate of drug-likeness (QED) is 0.569. The molecule has 1 aliphatic rings. The zero-order valence-electron chi connectivity index (χ0n) is 19.8. The van der Waals surface area contributed by atoms with E-state index in [-0.39, 0.29) is 24.5 Å². The van der Waals surface area contributed by atoms with Gasteiger partial charge >= 0.3 is 12.1 Å². The Bertz CT molecular complexity index is 931. The van der Waals surface area contributed by atoms with E-state index in [0.29, 0.717) is 6.61 Å². The van der Waals surface area contributed by atoms with E-state index in [0.717, 1.165) is 16.7 Å². The highest BCUT2D eigenvalue weighted by atomic mass is 16.6. The van der Waals surface area contributed by atoms with Crippen LogP contribution in [0.3, 0.4) is 0 Å². The average molecular weight is 440 g/mol. The number of benzene rings is 2. The summed E-state index contributed by atoms with van der Waals surface area (Å²) in [5, 5.41) is 0. The highest BCUT2D eigenvalue weighted by molar-refractivity contribution is 5.78. The van der Waals surface area contributed by atoms with E-state index in [4.69, 9.17) is 14.2 Å². The van der Waals surface area contributed by atoms with Gasteiger partial charge < -0.3 is 14.2 Å². The Kier molecular flexibility index (Phi) is 6.94. The van der Waals surface area contributed by atoms with Crippen molar-refractivity contribution < 1.29 is 23.8 Å². The van der Waals surface area contributed by atoms with E-state index in [2.05, 4.69) is 0 Å². The van der Waals surface area contributed by atoms with Crippen LogP contribution in [0.5, 0.6) is 0 Å². The number of nitrogens with zero attached hydrogens (tertiary/aromatic N) is 1. The number of carbonyl (C=O) groups is 2. The molecular weight excluding hydrogens is 406 g/mol. The van der Waals surface area contributed by atoms with Crippen LogP contribution in [0.4, 0.5) is 4.79 Å². The fraction of sp³-hybridized carbons (Fsp3) is 0.462. The average Bonchev–Trinajstić information content (AvgIpc) is 3.06. The number of hydrogen-bond donors (Lipinski definition) is 0. The molecule has 0 N–H and O–H groups in total. The predicted molar refractivity (Wildman–Crippen MR) is 122 cm³/mol. The smallest absolute Gasteiger partial charge is 0.412 e. The van der Waals surface area contributed by atoms with Crippen molar-refractivity contribution in [2.45, 2.75) is 71.4 Å². The minimum absolute atomic E-state index is 0.200. The maximum Gasteiger partial charge on any atom is 0.412 e. The summed E-state index contributed by atoms with van der Waals surface area (Å²) in [7, 11) is 0. The molecule has 1 saturated heterocycles. The van der Waals surface area contributed by atoms with Gasteiger partial charge in [0.2, 0.25) is 0 Å². The van der Waals surface area contributed by atoms with Crippen LogP contribution in [-0.4, -0.2) is 34.9 Å². The van der Waals surface area contributed by atoms with Crippen molar-refractivity contribution >= 4 is 12.1 Å². The second kappa shape index (κ2) is 9.33. The number of carbonyl (C=O) groups excluding carboxylic acids is 2. The minimum Gasteiger partial charge on any atom is -0.460 e. The molecule has 1 amide bonds. The summed E-state index contributed by atoms with van der Waals surface area (Å²) < 4.78 is 17.0. The first-order valence-corrected chi connectivity index (χ1v) is 10.9. The zero-order chi connectivity index (χ0) is 23.5. The first kappa shape index (κ1) is 23.8. The lowest BCUT2D eigenvalue weighted by atomic mass is 9.97. The fourth-order valence-corrected chi connectivity index (χ4v) is 3.72. The van der Waals surface area contributed by atoms with Crippen LogP contribution in [-0.2, 0) is 25.6 Å².